The minimum Gasteiger partial charge on any atom is -0.261 e. The van der Waals surface area contributed by atoms with E-state index in [0.29, 0.717) is 5.92 Å². The molecule has 3 aromatic rings. The molecule has 5 rings (SSSR count). The van der Waals surface area contributed by atoms with Crippen LogP contribution in [0.1, 0.15) is 55.0 Å². The molecular formula is C22H21N3. The minimum atomic E-state index is 0.573. The van der Waals surface area contributed by atoms with Crippen molar-refractivity contribution in [2.75, 3.05) is 0 Å². The van der Waals surface area contributed by atoms with Crippen molar-refractivity contribution < 1.29 is 0 Å². The van der Waals surface area contributed by atoms with Crippen molar-refractivity contribution in [1.29, 1.82) is 0 Å². The van der Waals surface area contributed by atoms with Gasteiger partial charge in [-0.25, -0.2) is 4.98 Å². The van der Waals surface area contributed by atoms with Crippen molar-refractivity contribution in [3.63, 3.8) is 0 Å². The molecule has 124 valence electrons. The molecule has 0 amide bonds. The predicted octanol–water partition coefficient (Wildman–Crippen LogP) is 5.16. The Labute approximate surface area is 148 Å². The van der Waals surface area contributed by atoms with Crippen molar-refractivity contribution in [1.82, 2.24) is 15.0 Å². The molecule has 2 heterocycles. The predicted molar refractivity (Wildman–Crippen MR) is 99.3 cm³/mol. The number of aromatic nitrogens is 3. The Hall–Kier alpha value is -2.55. The smallest absolute Gasteiger partial charge is 0.0896 e. The topological polar surface area (TPSA) is 38.7 Å². The normalized spacial score (nSPS) is 16.5. The largest absolute Gasteiger partial charge is 0.261 e. The summed E-state index contributed by atoms with van der Waals surface area (Å²) < 4.78 is 0. The van der Waals surface area contributed by atoms with Gasteiger partial charge < -0.3 is 0 Å². The summed E-state index contributed by atoms with van der Waals surface area (Å²) in [5.41, 5.74) is 8.36. The molecule has 0 N–H and O–H groups in total. The molecule has 2 aliphatic carbocycles. The van der Waals surface area contributed by atoms with E-state index in [1.165, 1.54) is 54.4 Å². The Morgan fingerprint density at radius 2 is 1.76 bits per heavy atom. The maximum atomic E-state index is 5.03. The number of nitrogens with zero attached hydrogens (tertiary/aromatic N) is 3. The van der Waals surface area contributed by atoms with Gasteiger partial charge >= 0.3 is 0 Å². The van der Waals surface area contributed by atoms with Gasteiger partial charge in [-0.2, -0.15) is 0 Å². The Bertz CT molecular complexity index is 926. The first kappa shape index (κ1) is 14.8. The molecule has 0 radical (unpaired) electrons. The average Bonchev–Trinajstić information content (AvgIpc) is 3.07. The fraction of sp³-hybridized carbons (Fsp3) is 0.318. The second kappa shape index (κ2) is 6.07. The van der Waals surface area contributed by atoms with E-state index in [1.54, 1.807) is 0 Å². The molecule has 3 heteroatoms. The Kier molecular flexibility index (Phi) is 3.58. The van der Waals surface area contributed by atoms with Crippen LogP contribution in [0.25, 0.3) is 22.4 Å². The molecule has 0 spiro atoms. The van der Waals surface area contributed by atoms with Crippen LogP contribution in [0.3, 0.4) is 0 Å². The standard InChI is InChI=1S/C22H21N3/c1-2-6-15(7-3-1)20-13-23-14-21(25-20)18-10-11-24-19-12-16-8-4-5-9-17(16)22(18)19/h4-5,8-11,13-15H,1-3,6-7,12H2. The molecular weight excluding hydrogens is 306 g/mol. The summed E-state index contributed by atoms with van der Waals surface area (Å²) >= 11 is 0. The zero-order chi connectivity index (χ0) is 16.6. The van der Waals surface area contributed by atoms with E-state index < -0.39 is 0 Å². The molecule has 2 aliphatic rings. The lowest BCUT2D eigenvalue weighted by Crippen LogP contribution is -2.07. The average molecular weight is 327 g/mol. The lowest BCUT2D eigenvalue weighted by molar-refractivity contribution is 0.436. The highest BCUT2D eigenvalue weighted by Gasteiger charge is 2.24. The van der Waals surface area contributed by atoms with Crippen molar-refractivity contribution >= 4 is 0 Å². The van der Waals surface area contributed by atoms with E-state index in [9.17, 15) is 0 Å². The molecule has 25 heavy (non-hydrogen) atoms. The van der Waals surface area contributed by atoms with Gasteiger partial charge in [0.2, 0.25) is 0 Å². The van der Waals surface area contributed by atoms with Crippen molar-refractivity contribution in [3.05, 3.63) is 65.9 Å². The summed E-state index contributed by atoms with van der Waals surface area (Å²) in [6, 6.07) is 10.7. The van der Waals surface area contributed by atoms with Crippen molar-refractivity contribution in [2.24, 2.45) is 0 Å². The summed E-state index contributed by atoms with van der Waals surface area (Å²) in [4.78, 5) is 14.2. The number of benzene rings is 1. The maximum Gasteiger partial charge on any atom is 0.0896 e. The quantitative estimate of drug-likeness (QED) is 0.510. The van der Waals surface area contributed by atoms with Gasteiger partial charge in [-0.15, -0.1) is 0 Å². The van der Waals surface area contributed by atoms with Crippen molar-refractivity contribution in [3.8, 4) is 22.4 Å². The zero-order valence-electron chi connectivity index (χ0n) is 14.3. The van der Waals surface area contributed by atoms with Crippen LogP contribution < -0.4 is 0 Å². The molecule has 1 aromatic carbocycles. The molecule has 0 bridgehead atoms. The van der Waals surface area contributed by atoms with E-state index in [1.807, 2.05) is 18.6 Å². The SMILES string of the molecule is c1ccc2c(c1)Cc1nccc(-c3cncc(C4CCCCC4)n3)c1-2. The van der Waals surface area contributed by atoms with E-state index in [4.69, 9.17) is 4.98 Å². The molecule has 1 saturated carbocycles. The molecule has 1 fully saturated rings. The maximum absolute atomic E-state index is 5.03. The molecule has 0 atom stereocenters. The third kappa shape index (κ3) is 2.55. The Balaban J connectivity index is 1.61. The zero-order valence-corrected chi connectivity index (χ0v) is 14.3. The fourth-order valence-electron chi connectivity index (χ4n) is 4.36. The van der Waals surface area contributed by atoms with Gasteiger partial charge in [-0.1, -0.05) is 43.5 Å². The summed E-state index contributed by atoms with van der Waals surface area (Å²) in [5, 5.41) is 0. The summed E-state index contributed by atoms with van der Waals surface area (Å²) in [6.07, 6.45) is 13.2. The second-order valence-electron chi connectivity index (χ2n) is 7.18. The minimum absolute atomic E-state index is 0.573. The van der Waals surface area contributed by atoms with Crippen LogP contribution in [-0.2, 0) is 6.42 Å². The van der Waals surface area contributed by atoms with Gasteiger partial charge in [0.05, 0.1) is 23.3 Å². The number of fused-ring (bicyclic) bond motifs is 3. The Morgan fingerprint density at radius 3 is 2.68 bits per heavy atom. The lowest BCUT2D eigenvalue weighted by atomic mass is 9.87. The van der Waals surface area contributed by atoms with Gasteiger partial charge in [0, 0.05) is 35.9 Å². The highest BCUT2D eigenvalue weighted by Crippen LogP contribution is 2.41. The van der Waals surface area contributed by atoms with Crippen LogP contribution in [-0.4, -0.2) is 15.0 Å². The summed E-state index contributed by atoms with van der Waals surface area (Å²) in [6.45, 7) is 0. The van der Waals surface area contributed by atoms with E-state index in [-0.39, 0.29) is 0 Å². The highest BCUT2D eigenvalue weighted by atomic mass is 14.8. The lowest BCUT2D eigenvalue weighted by Gasteiger charge is -2.21. The molecule has 0 saturated heterocycles. The van der Waals surface area contributed by atoms with Gasteiger partial charge in [-0.05, 0) is 30.0 Å². The van der Waals surface area contributed by atoms with Gasteiger partial charge in [-0.3, -0.25) is 9.97 Å². The number of hydrogen-bond donors (Lipinski definition) is 0. The van der Waals surface area contributed by atoms with Crippen LogP contribution >= 0.6 is 0 Å². The summed E-state index contributed by atoms with van der Waals surface area (Å²) in [5.74, 6) is 0.573. The highest BCUT2D eigenvalue weighted by molar-refractivity contribution is 5.87. The third-order valence-electron chi connectivity index (χ3n) is 5.63. The van der Waals surface area contributed by atoms with E-state index >= 15 is 0 Å². The van der Waals surface area contributed by atoms with Crippen LogP contribution in [0.5, 0.6) is 0 Å². The molecule has 3 nitrogen and oxygen atoms in total. The van der Waals surface area contributed by atoms with Gasteiger partial charge in [0.25, 0.3) is 0 Å². The van der Waals surface area contributed by atoms with Gasteiger partial charge in [0.1, 0.15) is 0 Å². The van der Waals surface area contributed by atoms with Crippen LogP contribution in [0.4, 0.5) is 0 Å². The van der Waals surface area contributed by atoms with E-state index in [0.717, 1.165) is 23.5 Å². The third-order valence-corrected chi connectivity index (χ3v) is 5.63. The van der Waals surface area contributed by atoms with E-state index in [2.05, 4.69) is 40.3 Å². The monoisotopic (exact) mass is 327 g/mol. The van der Waals surface area contributed by atoms with Gasteiger partial charge in [0.15, 0.2) is 0 Å². The first-order valence-corrected chi connectivity index (χ1v) is 9.28. The first-order valence-electron chi connectivity index (χ1n) is 9.28. The fourth-order valence-corrected chi connectivity index (χ4v) is 4.36. The second-order valence-corrected chi connectivity index (χ2v) is 7.18. The number of rotatable bonds is 2. The van der Waals surface area contributed by atoms with Crippen LogP contribution in [0, 0.1) is 0 Å². The summed E-state index contributed by atoms with van der Waals surface area (Å²) in [7, 11) is 0. The molecule has 0 aliphatic heterocycles. The number of hydrogen-bond acceptors (Lipinski definition) is 3. The molecule has 0 unspecified atom stereocenters. The van der Waals surface area contributed by atoms with Crippen LogP contribution in [0.2, 0.25) is 0 Å². The molecule has 2 aromatic heterocycles. The number of pyridine rings is 1. The Morgan fingerprint density at radius 1 is 0.880 bits per heavy atom. The van der Waals surface area contributed by atoms with Crippen molar-refractivity contribution in [2.45, 2.75) is 44.4 Å². The van der Waals surface area contributed by atoms with Crippen LogP contribution in [0.15, 0.2) is 48.9 Å². The first-order chi connectivity index (χ1) is 12.4.